The lowest BCUT2D eigenvalue weighted by atomic mass is 10.3. The van der Waals surface area contributed by atoms with E-state index in [9.17, 15) is 9.59 Å². The van der Waals surface area contributed by atoms with Crippen LogP contribution in [0.3, 0.4) is 0 Å². The summed E-state index contributed by atoms with van der Waals surface area (Å²) < 4.78 is 0. The molecular weight excluding hydrogens is 180 g/mol. The van der Waals surface area contributed by atoms with Crippen molar-refractivity contribution in [1.82, 2.24) is 9.97 Å². The lowest BCUT2D eigenvalue weighted by Crippen LogP contribution is -2.48. The van der Waals surface area contributed by atoms with Crippen molar-refractivity contribution in [1.29, 1.82) is 0 Å². The van der Waals surface area contributed by atoms with E-state index in [1.807, 2.05) is 12.2 Å². The van der Waals surface area contributed by atoms with E-state index in [0.29, 0.717) is 10.6 Å². The fourth-order valence-corrected chi connectivity index (χ4v) is 1.24. The highest BCUT2D eigenvalue weighted by Gasteiger charge is 1.93. The van der Waals surface area contributed by atoms with Crippen molar-refractivity contribution in [2.24, 2.45) is 0 Å². The minimum atomic E-state index is -0.489. The molecule has 1 aromatic heterocycles. The van der Waals surface area contributed by atoms with Crippen molar-refractivity contribution >= 4 is 12.2 Å². The van der Waals surface area contributed by atoms with Crippen LogP contribution in [0.1, 0.15) is 0 Å². The minimum Gasteiger partial charge on any atom is -0.307 e. The van der Waals surface area contributed by atoms with Gasteiger partial charge in [0.15, 0.2) is 0 Å². The summed E-state index contributed by atoms with van der Waals surface area (Å²) in [5.74, 6) is 0. The second-order valence-electron chi connectivity index (χ2n) is 2.84. The maximum absolute atomic E-state index is 11.4. The van der Waals surface area contributed by atoms with E-state index in [4.69, 9.17) is 0 Å². The Balaban J connectivity index is 3.02. The summed E-state index contributed by atoms with van der Waals surface area (Å²) in [6.45, 7) is 0. The average Bonchev–Trinajstić information content (AvgIpc) is 2.07. The van der Waals surface area contributed by atoms with E-state index < -0.39 is 5.69 Å². The third-order valence-corrected chi connectivity index (χ3v) is 1.87. The lowest BCUT2D eigenvalue weighted by molar-refractivity contribution is 0.985. The lowest BCUT2D eigenvalue weighted by Gasteiger charge is -1.90. The summed E-state index contributed by atoms with van der Waals surface area (Å²) in [5.41, 5.74) is -0.865. The molecule has 0 amide bonds. The molecule has 2 N–H and O–H groups in total. The van der Waals surface area contributed by atoms with Crippen LogP contribution in [-0.2, 0) is 0 Å². The summed E-state index contributed by atoms with van der Waals surface area (Å²) >= 11 is 0. The van der Waals surface area contributed by atoms with Crippen LogP contribution in [0.5, 0.6) is 0 Å². The van der Waals surface area contributed by atoms with Crippen molar-refractivity contribution in [2.75, 3.05) is 0 Å². The Kier molecular flexibility index (Phi) is 2.02. The van der Waals surface area contributed by atoms with Crippen LogP contribution in [0.25, 0.3) is 12.2 Å². The van der Waals surface area contributed by atoms with E-state index >= 15 is 0 Å². The van der Waals surface area contributed by atoms with Gasteiger partial charge in [0.05, 0.1) is 10.6 Å². The Morgan fingerprint density at radius 1 is 0.857 bits per heavy atom. The van der Waals surface area contributed by atoms with Gasteiger partial charge in [0.25, 0.3) is 5.56 Å². The Hall–Kier alpha value is -2.10. The fourth-order valence-electron chi connectivity index (χ4n) is 1.24. The first-order valence-corrected chi connectivity index (χ1v) is 4.15. The molecule has 2 rings (SSSR count). The Morgan fingerprint density at radius 2 is 1.57 bits per heavy atom. The van der Waals surface area contributed by atoms with Crippen molar-refractivity contribution < 1.29 is 0 Å². The molecule has 0 fully saturated rings. The molecule has 1 aromatic rings. The van der Waals surface area contributed by atoms with Gasteiger partial charge in [-0.15, -0.1) is 0 Å². The van der Waals surface area contributed by atoms with Gasteiger partial charge in [-0.2, -0.15) is 0 Å². The van der Waals surface area contributed by atoms with Gasteiger partial charge in [0.2, 0.25) is 0 Å². The van der Waals surface area contributed by atoms with E-state index in [0.717, 1.165) is 0 Å². The van der Waals surface area contributed by atoms with Gasteiger partial charge in [-0.1, -0.05) is 24.3 Å². The molecule has 14 heavy (non-hydrogen) atoms. The van der Waals surface area contributed by atoms with Crippen LogP contribution in [0, 0.1) is 0 Å². The van der Waals surface area contributed by atoms with E-state index in [1.54, 1.807) is 24.3 Å². The molecule has 4 heteroatoms. The first-order valence-electron chi connectivity index (χ1n) is 4.15. The zero-order valence-corrected chi connectivity index (χ0v) is 7.28. The number of nitrogens with one attached hydrogen (secondary N) is 2. The Morgan fingerprint density at radius 3 is 2.36 bits per heavy atom. The summed E-state index contributed by atoms with van der Waals surface area (Å²) in [7, 11) is 0. The number of hydrogen-bond donors (Lipinski definition) is 2. The molecule has 0 aromatic carbocycles. The van der Waals surface area contributed by atoms with E-state index in [1.165, 1.54) is 0 Å². The second-order valence-corrected chi connectivity index (χ2v) is 2.84. The van der Waals surface area contributed by atoms with E-state index in [-0.39, 0.29) is 5.56 Å². The van der Waals surface area contributed by atoms with Crippen LogP contribution in [0.4, 0.5) is 0 Å². The van der Waals surface area contributed by atoms with Gasteiger partial charge in [-0.3, -0.25) is 9.78 Å². The first-order chi connectivity index (χ1) is 6.77. The molecule has 0 unspecified atom stereocenters. The normalized spacial score (nSPS) is 22.9. The maximum Gasteiger partial charge on any atom is 0.326 e. The monoisotopic (exact) mass is 188 g/mol. The Bertz CT molecular complexity index is 629. The molecule has 0 atom stereocenters. The largest absolute Gasteiger partial charge is 0.326 e. The molecule has 1 aliphatic carbocycles. The number of allylic oxidation sites excluding steroid dienone is 4. The molecule has 0 aliphatic heterocycles. The number of rotatable bonds is 0. The number of hydrogen-bond acceptors (Lipinski definition) is 2. The first kappa shape index (κ1) is 8.50. The number of aromatic amines is 2. The fraction of sp³-hybridized carbons (Fsp3) is 0. The number of H-pyrrole nitrogens is 2. The highest BCUT2D eigenvalue weighted by Crippen LogP contribution is 1.80. The highest BCUT2D eigenvalue weighted by atomic mass is 16.2. The van der Waals surface area contributed by atoms with Crippen molar-refractivity contribution in [3.8, 4) is 0 Å². The molecular formula is C10H8N2O2. The van der Waals surface area contributed by atoms with Crippen LogP contribution >= 0.6 is 0 Å². The van der Waals surface area contributed by atoms with Gasteiger partial charge in [-0.05, 0) is 12.2 Å². The summed E-state index contributed by atoms with van der Waals surface area (Å²) in [6.07, 6.45) is 10.5. The van der Waals surface area contributed by atoms with Crippen LogP contribution < -0.4 is 21.8 Å². The molecule has 0 spiro atoms. The third-order valence-electron chi connectivity index (χ3n) is 1.87. The van der Waals surface area contributed by atoms with Gasteiger partial charge < -0.3 is 4.98 Å². The maximum atomic E-state index is 11.4. The van der Waals surface area contributed by atoms with Gasteiger partial charge in [0, 0.05) is 0 Å². The van der Waals surface area contributed by atoms with Crippen LogP contribution in [0.2, 0.25) is 0 Å². The molecule has 0 saturated carbocycles. The molecule has 70 valence electrons. The highest BCUT2D eigenvalue weighted by molar-refractivity contribution is 5.45. The molecule has 4 nitrogen and oxygen atoms in total. The zero-order chi connectivity index (χ0) is 9.97. The van der Waals surface area contributed by atoms with Gasteiger partial charge in [-0.25, -0.2) is 4.79 Å². The zero-order valence-electron chi connectivity index (χ0n) is 7.28. The quantitative estimate of drug-likeness (QED) is 0.534. The smallest absolute Gasteiger partial charge is 0.307 e. The molecule has 1 heterocycles. The minimum absolute atomic E-state index is 0.375. The topological polar surface area (TPSA) is 65.7 Å². The summed E-state index contributed by atoms with van der Waals surface area (Å²) in [4.78, 5) is 27.1. The predicted molar refractivity (Wildman–Crippen MR) is 54.1 cm³/mol. The number of fused-ring (bicyclic) bond motifs is 1. The van der Waals surface area contributed by atoms with Crippen molar-refractivity contribution in [2.45, 2.75) is 0 Å². The molecule has 0 bridgehead atoms. The van der Waals surface area contributed by atoms with Crippen LogP contribution in [0.15, 0.2) is 33.9 Å². The van der Waals surface area contributed by atoms with Gasteiger partial charge in [0.1, 0.15) is 0 Å². The van der Waals surface area contributed by atoms with Crippen LogP contribution in [-0.4, -0.2) is 9.97 Å². The SMILES string of the molecule is O=c1[nH]c(=O)c2/c([nH]1)=C\C=C/C=C\C=2. The Labute approximate surface area is 78.6 Å². The molecule has 1 aliphatic rings. The average molecular weight is 188 g/mol. The molecule has 0 radical (unpaired) electrons. The van der Waals surface area contributed by atoms with Crippen molar-refractivity contribution in [3.63, 3.8) is 0 Å². The summed E-state index contributed by atoms with van der Waals surface area (Å²) in [5, 5.41) is 0.990. The van der Waals surface area contributed by atoms with Gasteiger partial charge >= 0.3 is 5.69 Å². The predicted octanol–water partition coefficient (Wildman–Crippen LogP) is -1.25. The van der Waals surface area contributed by atoms with Crippen molar-refractivity contribution in [3.05, 3.63) is 55.7 Å². The number of aromatic nitrogens is 2. The molecule has 0 saturated heterocycles. The summed E-state index contributed by atoms with van der Waals surface area (Å²) in [6, 6.07) is 0. The standard InChI is InChI=1S/C10H8N2O2/c13-9-7-5-3-1-2-4-6-8(7)11-10(14)12-9/h1-6H,(H2,11,12,13,14). The van der Waals surface area contributed by atoms with E-state index in [2.05, 4.69) is 9.97 Å². The third kappa shape index (κ3) is 1.50. The second kappa shape index (κ2) is 3.33.